The van der Waals surface area contributed by atoms with Crippen LogP contribution in [0.4, 0.5) is 0 Å². The maximum atomic E-state index is 12.8. The number of carbonyl (C=O) groups is 1. The van der Waals surface area contributed by atoms with Crippen molar-refractivity contribution in [2.75, 3.05) is 20.8 Å². The second-order valence-electron chi connectivity index (χ2n) is 8.68. The summed E-state index contributed by atoms with van der Waals surface area (Å²) in [5.41, 5.74) is 8.21. The van der Waals surface area contributed by atoms with Gasteiger partial charge in [0.1, 0.15) is 34.5 Å². The lowest BCUT2D eigenvalue weighted by atomic mass is 9.83. The molecule has 2 N–H and O–H groups in total. The van der Waals surface area contributed by atoms with E-state index in [2.05, 4.69) is 13.0 Å². The fraction of sp³-hybridized carbons (Fsp3) is 0.267. The molecule has 1 unspecified atom stereocenters. The smallest absolute Gasteiger partial charge is 0.347 e. The molecule has 0 saturated carbocycles. The van der Waals surface area contributed by atoms with Crippen molar-refractivity contribution in [3.05, 3.63) is 88.8 Å². The van der Waals surface area contributed by atoms with Crippen LogP contribution in [0.2, 0.25) is 0 Å². The van der Waals surface area contributed by atoms with Crippen molar-refractivity contribution in [1.82, 2.24) is 0 Å². The summed E-state index contributed by atoms with van der Waals surface area (Å²) < 4.78 is 28.1. The zero-order valence-electron chi connectivity index (χ0n) is 21.7. The first-order valence-electron chi connectivity index (χ1n) is 12.4. The highest BCUT2D eigenvalue weighted by Crippen LogP contribution is 2.45. The molecule has 1 heterocycles. The third-order valence-corrected chi connectivity index (χ3v) is 6.25. The van der Waals surface area contributed by atoms with Gasteiger partial charge >= 0.3 is 5.97 Å². The molecule has 0 radical (unpaired) electrons. The number of nitrogens with two attached hydrogens (primary N) is 1. The molecular formula is C30H30N2O6. The molecule has 0 fully saturated rings. The number of methoxy groups -OCH3 is 2. The number of hydrogen-bond donors (Lipinski definition) is 1. The number of para-hydroxylation sites is 1. The maximum Gasteiger partial charge on any atom is 0.347 e. The van der Waals surface area contributed by atoms with E-state index in [1.54, 1.807) is 49.6 Å². The lowest BCUT2D eigenvalue weighted by Crippen LogP contribution is -2.21. The fourth-order valence-electron chi connectivity index (χ4n) is 4.33. The van der Waals surface area contributed by atoms with Crippen LogP contribution in [0.1, 0.15) is 53.6 Å². The number of esters is 1. The summed E-state index contributed by atoms with van der Waals surface area (Å²) in [6, 6.07) is 19.5. The normalized spacial score (nSPS) is 14.1. The van der Waals surface area contributed by atoms with Gasteiger partial charge in [-0.05, 0) is 42.3 Å². The molecule has 1 aliphatic heterocycles. The Morgan fingerprint density at radius 1 is 1.00 bits per heavy atom. The summed E-state index contributed by atoms with van der Waals surface area (Å²) in [6.45, 7) is 2.73. The molecule has 1 aliphatic rings. The molecule has 4 rings (SSSR count). The molecule has 0 bridgehead atoms. The van der Waals surface area contributed by atoms with Crippen molar-refractivity contribution in [1.29, 1.82) is 5.26 Å². The topological polar surface area (TPSA) is 113 Å². The minimum absolute atomic E-state index is 0.0166. The monoisotopic (exact) mass is 514 g/mol. The molecule has 0 amide bonds. The molecule has 196 valence electrons. The van der Waals surface area contributed by atoms with E-state index >= 15 is 0 Å². The van der Waals surface area contributed by atoms with Gasteiger partial charge in [0.25, 0.3) is 0 Å². The molecule has 0 saturated heterocycles. The van der Waals surface area contributed by atoms with Gasteiger partial charge in [-0.2, -0.15) is 5.26 Å². The maximum absolute atomic E-state index is 12.8. The van der Waals surface area contributed by atoms with Crippen LogP contribution in [-0.4, -0.2) is 26.8 Å². The second-order valence-corrected chi connectivity index (χ2v) is 8.68. The van der Waals surface area contributed by atoms with Crippen LogP contribution in [0.25, 0.3) is 0 Å². The first-order chi connectivity index (χ1) is 18.5. The third kappa shape index (κ3) is 5.52. The minimum Gasteiger partial charge on any atom is -0.496 e. The predicted octanol–water partition coefficient (Wildman–Crippen LogP) is 5.71. The average molecular weight is 515 g/mol. The highest BCUT2D eigenvalue weighted by molar-refractivity contribution is 5.94. The molecule has 8 heteroatoms. The Bertz CT molecular complexity index is 1390. The third-order valence-electron chi connectivity index (χ3n) is 6.25. The molecule has 0 aromatic heterocycles. The number of rotatable bonds is 10. The van der Waals surface area contributed by atoms with Gasteiger partial charge in [0.05, 0.1) is 26.7 Å². The average Bonchev–Trinajstić information content (AvgIpc) is 2.94. The van der Waals surface area contributed by atoms with Crippen molar-refractivity contribution in [2.24, 2.45) is 5.73 Å². The Morgan fingerprint density at radius 3 is 2.53 bits per heavy atom. The summed E-state index contributed by atoms with van der Waals surface area (Å²) in [7, 11) is 3.06. The number of fused-ring (bicyclic) bond motifs is 1. The van der Waals surface area contributed by atoms with Crippen molar-refractivity contribution < 1.29 is 28.5 Å². The van der Waals surface area contributed by atoms with Crippen LogP contribution in [0.15, 0.2) is 72.1 Å². The van der Waals surface area contributed by atoms with Crippen LogP contribution in [-0.2, 0) is 0 Å². The standard InChI is InChI=1S/C30H30N2O6/c1-4-5-8-15-36-25-14-11-19(16-27(25)35-3)28-21-13-12-20(17-26(21)38-29(32)23(28)18-31)37-30(33)22-9-6-7-10-24(22)34-2/h6-7,9-14,16-17,28H,4-5,8,15,32H2,1-3H3. The first kappa shape index (κ1) is 26.4. The zero-order valence-corrected chi connectivity index (χ0v) is 21.7. The summed E-state index contributed by atoms with van der Waals surface area (Å²) in [5.74, 6) is 1.15. The Morgan fingerprint density at radius 2 is 1.79 bits per heavy atom. The summed E-state index contributed by atoms with van der Waals surface area (Å²) in [4.78, 5) is 12.8. The SMILES string of the molecule is CCCCCOc1ccc(C2C(C#N)=C(N)Oc3cc(OC(=O)c4ccccc4OC)ccc32)cc1OC. The van der Waals surface area contributed by atoms with Gasteiger partial charge in [0, 0.05) is 11.6 Å². The number of carbonyl (C=O) groups excluding carboxylic acids is 1. The van der Waals surface area contributed by atoms with Gasteiger partial charge in [0.15, 0.2) is 11.5 Å². The van der Waals surface area contributed by atoms with Crippen molar-refractivity contribution in [3.63, 3.8) is 0 Å². The van der Waals surface area contributed by atoms with Crippen LogP contribution >= 0.6 is 0 Å². The summed E-state index contributed by atoms with van der Waals surface area (Å²) in [5, 5.41) is 9.91. The van der Waals surface area contributed by atoms with Gasteiger partial charge < -0.3 is 29.4 Å². The Labute approximate surface area is 222 Å². The summed E-state index contributed by atoms with van der Waals surface area (Å²) in [6.07, 6.45) is 3.15. The first-order valence-corrected chi connectivity index (χ1v) is 12.4. The molecule has 8 nitrogen and oxygen atoms in total. The highest BCUT2D eigenvalue weighted by Gasteiger charge is 2.32. The number of nitrogens with zero attached hydrogens (tertiary/aromatic N) is 1. The van der Waals surface area contributed by atoms with Crippen LogP contribution in [0, 0.1) is 11.3 Å². The van der Waals surface area contributed by atoms with Crippen molar-refractivity contribution >= 4 is 5.97 Å². The quantitative estimate of drug-likeness (QED) is 0.208. The molecule has 38 heavy (non-hydrogen) atoms. The van der Waals surface area contributed by atoms with Gasteiger partial charge in [-0.15, -0.1) is 0 Å². The molecular weight excluding hydrogens is 484 g/mol. The Kier molecular flexibility index (Phi) is 8.39. The number of allylic oxidation sites excluding steroid dienone is 1. The summed E-state index contributed by atoms with van der Waals surface area (Å²) >= 11 is 0. The van der Waals surface area contributed by atoms with Gasteiger partial charge in [-0.3, -0.25) is 0 Å². The van der Waals surface area contributed by atoms with Crippen molar-refractivity contribution in [3.8, 4) is 34.8 Å². The lowest BCUT2D eigenvalue weighted by molar-refractivity contribution is 0.0731. The molecule has 3 aromatic rings. The molecule has 3 aromatic carbocycles. The molecule has 1 atom stereocenters. The molecule has 0 aliphatic carbocycles. The largest absolute Gasteiger partial charge is 0.496 e. The van der Waals surface area contributed by atoms with Gasteiger partial charge in [0.2, 0.25) is 5.88 Å². The number of benzene rings is 3. The van der Waals surface area contributed by atoms with Gasteiger partial charge in [-0.1, -0.05) is 44.0 Å². The van der Waals surface area contributed by atoms with E-state index in [-0.39, 0.29) is 17.2 Å². The molecule has 0 spiro atoms. The van der Waals surface area contributed by atoms with Crippen LogP contribution in [0.3, 0.4) is 0 Å². The zero-order chi connectivity index (χ0) is 27.1. The van der Waals surface area contributed by atoms with Gasteiger partial charge in [-0.25, -0.2) is 4.79 Å². The van der Waals surface area contributed by atoms with E-state index in [9.17, 15) is 10.1 Å². The van der Waals surface area contributed by atoms with E-state index in [0.717, 1.165) is 24.8 Å². The van der Waals surface area contributed by atoms with E-state index in [0.29, 0.717) is 40.7 Å². The van der Waals surface area contributed by atoms with Crippen LogP contribution < -0.4 is 29.4 Å². The Balaban J connectivity index is 1.64. The van der Waals surface area contributed by atoms with Crippen molar-refractivity contribution in [2.45, 2.75) is 32.1 Å². The second kappa shape index (κ2) is 12.1. The van der Waals surface area contributed by atoms with Crippen LogP contribution in [0.5, 0.6) is 28.7 Å². The van der Waals surface area contributed by atoms with E-state index in [1.165, 1.54) is 7.11 Å². The predicted molar refractivity (Wildman–Crippen MR) is 142 cm³/mol. The Hall–Kier alpha value is -4.64. The van der Waals surface area contributed by atoms with E-state index < -0.39 is 11.9 Å². The van der Waals surface area contributed by atoms with E-state index in [1.807, 2.05) is 18.2 Å². The number of ether oxygens (including phenoxy) is 5. The lowest BCUT2D eigenvalue weighted by Gasteiger charge is -2.27. The number of hydrogen-bond acceptors (Lipinski definition) is 8. The highest BCUT2D eigenvalue weighted by atomic mass is 16.5. The number of nitriles is 1. The van der Waals surface area contributed by atoms with E-state index in [4.69, 9.17) is 29.4 Å². The minimum atomic E-state index is -0.574. The number of unbranched alkanes of at least 4 members (excludes halogenated alkanes) is 2. The fourth-order valence-corrected chi connectivity index (χ4v) is 4.33.